The average molecular weight is 238 g/mol. The first-order chi connectivity index (χ1) is 8.18. The molecule has 0 aromatic carbocycles. The van der Waals surface area contributed by atoms with Crippen molar-refractivity contribution in [1.82, 2.24) is 5.32 Å². The van der Waals surface area contributed by atoms with Gasteiger partial charge in [0.1, 0.15) is 0 Å². The van der Waals surface area contributed by atoms with E-state index in [2.05, 4.69) is 5.32 Å². The Morgan fingerprint density at radius 3 is 2.71 bits per heavy atom. The van der Waals surface area contributed by atoms with E-state index < -0.39 is 0 Å². The molecule has 2 fully saturated rings. The fraction of sp³-hybridized carbons (Fsp3) is 0.929. The Bertz CT molecular complexity index is 259. The smallest absolute Gasteiger partial charge is 0.223 e. The molecule has 98 valence electrons. The average Bonchev–Trinajstić information content (AvgIpc) is 3.09. The minimum absolute atomic E-state index is 0.184. The molecule has 2 aliphatic rings. The van der Waals surface area contributed by atoms with Crippen molar-refractivity contribution in [2.45, 2.75) is 57.9 Å². The second-order valence-electron chi connectivity index (χ2n) is 5.96. The number of hydrogen-bond donors (Lipinski definition) is 2. The van der Waals surface area contributed by atoms with E-state index in [1.54, 1.807) is 0 Å². The maximum absolute atomic E-state index is 11.9. The van der Waals surface area contributed by atoms with Crippen molar-refractivity contribution in [1.29, 1.82) is 0 Å². The lowest BCUT2D eigenvalue weighted by Crippen LogP contribution is -2.30. The minimum Gasteiger partial charge on any atom is -0.356 e. The Morgan fingerprint density at radius 2 is 2.06 bits per heavy atom. The van der Waals surface area contributed by atoms with Gasteiger partial charge in [-0.1, -0.05) is 32.1 Å². The van der Waals surface area contributed by atoms with Crippen molar-refractivity contribution in [3.63, 3.8) is 0 Å². The van der Waals surface area contributed by atoms with E-state index in [4.69, 9.17) is 5.73 Å². The van der Waals surface area contributed by atoms with Gasteiger partial charge in [-0.25, -0.2) is 0 Å². The van der Waals surface area contributed by atoms with Crippen LogP contribution in [0.3, 0.4) is 0 Å². The van der Waals surface area contributed by atoms with Crippen molar-refractivity contribution < 1.29 is 4.79 Å². The zero-order chi connectivity index (χ0) is 12.3. The summed E-state index contributed by atoms with van der Waals surface area (Å²) in [5.41, 5.74) is 5.66. The molecule has 2 saturated carbocycles. The molecule has 17 heavy (non-hydrogen) atoms. The van der Waals surface area contributed by atoms with Gasteiger partial charge in [-0.15, -0.1) is 0 Å². The minimum atomic E-state index is 0.184. The fourth-order valence-corrected chi connectivity index (χ4v) is 3.15. The first-order valence-electron chi connectivity index (χ1n) is 7.21. The van der Waals surface area contributed by atoms with Crippen LogP contribution in [0.1, 0.15) is 51.9 Å². The lowest BCUT2D eigenvalue weighted by atomic mass is 9.85. The van der Waals surface area contributed by atoms with Crippen LogP contribution in [-0.4, -0.2) is 18.5 Å². The lowest BCUT2D eigenvalue weighted by Gasteiger charge is -2.21. The number of carbonyl (C=O) groups excluding carboxylic acids is 1. The SMILES string of the molecule is CC(N)CCNC(=O)C1CC1C1CCCCC1. The molecule has 3 nitrogen and oxygen atoms in total. The lowest BCUT2D eigenvalue weighted by molar-refractivity contribution is -0.122. The number of amides is 1. The highest BCUT2D eigenvalue weighted by Crippen LogP contribution is 2.49. The van der Waals surface area contributed by atoms with Crippen molar-refractivity contribution in [2.75, 3.05) is 6.54 Å². The highest BCUT2D eigenvalue weighted by Gasteiger charge is 2.47. The Hall–Kier alpha value is -0.570. The molecule has 3 N–H and O–H groups in total. The standard InChI is InChI=1S/C14H26N2O/c1-10(15)7-8-16-14(17)13-9-12(13)11-5-3-2-4-6-11/h10-13H,2-9,15H2,1H3,(H,16,17). The van der Waals surface area contributed by atoms with Gasteiger partial charge in [0.15, 0.2) is 0 Å². The predicted molar refractivity (Wildman–Crippen MR) is 69.4 cm³/mol. The van der Waals surface area contributed by atoms with E-state index in [0.717, 1.165) is 25.3 Å². The third kappa shape index (κ3) is 3.70. The van der Waals surface area contributed by atoms with Gasteiger partial charge >= 0.3 is 0 Å². The first kappa shape index (κ1) is 12.9. The molecule has 2 rings (SSSR count). The largest absolute Gasteiger partial charge is 0.356 e. The summed E-state index contributed by atoms with van der Waals surface area (Å²) in [7, 11) is 0. The maximum Gasteiger partial charge on any atom is 0.223 e. The Labute approximate surface area is 105 Å². The van der Waals surface area contributed by atoms with Gasteiger partial charge in [-0.05, 0) is 31.6 Å². The molecule has 3 atom stereocenters. The van der Waals surface area contributed by atoms with Gasteiger partial charge in [-0.2, -0.15) is 0 Å². The molecule has 1 amide bonds. The van der Waals surface area contributed by atoms with Crippen LogP contribution in [-0.2, 0) is 4.79 Å². The van der Waals surface area contributed by atoms with Crippen LogP contribution in [0.5, 0.6) is 0 Å². The molecule has 0 aliphatic heterocycles. The van der Waals surface area contributed by atoms with Crippen LogP contribution in [0.25, 0.3) is 0 Å². The zero-order valence-corrected chi connectivity index (χ0v) is 11.0. The topological polar surface area (TPSA) is 55.1 Å². The van der Waals surface area contributed by atoms with Crippen molar-refractivity contribution >= 4 is 5.91 Å². The van der Waals surface area contributed by atoms with Crippen molar-refractivity contribution in [2.24, 2.45) is 23.5 Å². The van der Waals surface area contributed by atoms with E-state index >= 15 is 0 Å². The Balaban J connectivity index is 1.65. The summed E-state index contributed by atoms with van der Waals surface area (Å²) >= 11 is 0. The molecular formula is C14H26N2O. The molecule has 0 radical (unpaired) electrons. The van der Waals surface area contributed by atoms with Crippen LogP contribution in [0.2, 0.25) is 0 Å². The van der Waals surface area contributed by atoms with Crippen molar-refractivity contribution in [3.8, 4) is 0 Å². The second kappa shape index (κ2) is 5.85. The van der Waals surface area contributed by atoms with Crippen LogP contribution in [0, 0.1) is 17.8 Å². The Kier molecular flexibility index (Phi) is 4.43. The molecular weight excluding hydrogens is 212 g/mol. The van der Waals surface area contributed by atoms with E-state index in [1.807, 2.05) is 6.92 Å². The van der Waals surface area contributed by atoms with Gasteiger partial charge in [0.05, 0.1) is 0 Å². The number of carbonyl (C=O) groups is 1. The molecule has 0 saturated heterocycles. The van der Waals surface area contributed by atoms with E-state index in [-0.39, 0.29) is 11.9 Å². The number of nitrogens with one attached hydrogen (secondary N) is 1. The van der Waals surface area contributed by atoms with Gasteiger partial charge in [-0.3, -0.25) is 4.79 Å². The quantitative estimate of drug-likeness (QED) is 0.770. The normalized spacial score (nSPS) is 30.9. The van der Waals surface area contributed by atoms with Crippen molar-refractivity contribution in [3.05, 3.63) is 0 Å². The number of hydrogen-bond acceptors (Lipinski definition) is 2. The highest BCUT2D eigenvalue weighted by molar-refractivity contribution is 5.81. The molecule has 0 heterocycles. The summed E-state index contributed by atoms with van der Waals surface area (Å²) in [6.45, 7) is 2.72. The van der Waals surface area contributed by atoms with E-state index in [0.29, 0.717) is 11.8 Å². The third-order valence-corrected chi connectivity index (χ3v) is 4.33. The highest BCUT2D eigenvalue weighted by atomic mass is 16.2. The van der Waals surface area contributed by atoms with E-state index in [1.165, 1.54) is 32.1 Å². The third-order valence-electron chi connectivity index (χ3n) is 4.33. The van der Waals surface area contributed by atoms with Gasteiger partial charge < -0.3 is 11.1 Å². The van der Waals surface area contributed by atoms with Crippen LogP contribution in [0.4, 0.5) is 0 Å². The maximum atomic E-state index is 11.9. The second-order valence-corrected chi connectivity index (χ2v) is 5.96. The van der Waals surface area contributed by atoms with E-state index in [9.17, 15) is 4.79 Å². The predicted octanol–water partition coefficient (Wildman–Crippen LogP) is 2.06. The monoisotopic (exact) mass is 238 g/mol. The summed E-state index contributed by atoms with van der Waals surface area (Å²) in [6.07, 6.45) is 8.87. The molecule has 0 aromatic heterocycles. The summed E-state index contributed by atoms with van der Waals surface area (Å²) < 4.78 is 0. The first-order valence-corrected chi connectivity index (χ1v) is 7.21. The van der Waals surface area contributed by atoms with Crippen LogP contribution >= 0.6 is 0 Å². The van der Waals surface area contributed by atoms with Crippen LogP contribution < -0.4 is 11.1 Å². The summed E-state index contributed by atoms with van der Waals surface area (Å²) in [5, 5.41) is 3.03. The summed E-state index contributed by atoms with van der Waals surface area (Å²) in [5.74, 6) is 2.14. The fourth-order valence-electron chi connectivity index (χ4n) is 3.15. The molecule has 0 bridgehead atoms. The summed E-state index contributed by atoms with van der Waals surface area (Å²) in [4.78, 5) is 11.9. The van der Waals surface area contributed by atoms with Gasteiger partial charge in [0.25, 0.3) is 0 Å². The summed E-state index contributed by atoms with van der Waals surface area (Å²) in [6, 6.07) is 0.184. The Morgan fingerprint density at radius 1 is 1.35 bits per heavy atom. The molecule has 3 unspecified atom stereocenters. The van der Waals surface area contributed by atoms with Crippen LogP contribution in [0.15, 0.2) is 0 Å². The zero-order valence-electron chi connectivity index (χ0n) is 11.0. The molecule has 2 aliphatic carbocycles. The molecule has 0 aromatic rings. The number of rotatable bonds is 5. The molecule has 3 heteroatoms. The molecule has 0 spiro atoms. The van der Waals surface area contributed by atoms with Gasteiger partial charge in [0, 0.05) is 18.5 Å². The van der Waals surface area contributed by atoms with Gasteiger partial charge in [0.2, 0.25) is 5.91 Å². The number of nitrogens with two attached hydrogens (primary N) is 1.